The molecule has 0 saturated heterocycles. The van der Waals surface area contributed by atoms with Crippen molar-refractivity contribution >= 4 is 50.5 Å². The van der Waals surface area contributed by atoms with Crippen LogP contribution in [-0.2, 0) is 0 Å². The van der Waals surface area contributed by atoms with Crippen molar-refractivity contribution in [1.82, 2.24) is 4.98 Å². The molecule has 4 aromatic rings. The topological polar surface area (TPSA) is 42.0 Å². The van der Waals surface area contributed by atoms with Crippen molar-refractivity contribution in [3.8, 4) is 10.6 Å². The molecule has 1 N–H and O–H groups in total. The maximum Gasteiger partial charge on any atom is 0.225 e. The highest BCUT2D eigenvalue weighted by Gasteiger charge is 2.19. The number of aromatic nitrogens is 1. The van der Waals surface area contributed by atoms with Crippen molar-refractivity contribution in [2.45, 2.75) is 11.9 Å². The predicted octanol–water partition coefficient (Wildman–Crippen LogP) is 7.45. The molecule has 0 aliphatic rings. The molecule has 0 fully saturated rings. The third kappa shape index (κ3) is 4.70. The molecule has 0 unspecified atom stereocenters. The van der Waals surface area contributed by atoms with Gasteiger partial charge in [0.25, 0.3) is 0 Å². The van der Waals surface area contributed by atoms with E-state index in [0.717, 1.165) is 38.6 Å². The van der Waals surface area contributed by atoms with Crippen LogP contribution in [0.4, 0.5) is 10.7 Å². The van der Waals surface area contributed by atoms with E-state index in [1.54, 1.807) is 0 Å². The molecule has 0 aliphatic heterocycles. The second kappa shape index (κ2) is 8.82. The Hall–Kier alpha value is -2.60. The van der Waals surface area contributed by atoms with Crippen LogP contribution in [0.3, 0.4) is 0 Å². The van der Waals surface area contributed by atoms with E-state index < -0.39 is 0 Å². The standard InChI is InChI=1S/C23H17ClN2OS2/c1-15-7-5-6-10-19(15)23(27)29-22-21(25-18-8-3-2-4-9-18)28-20(26-22)16-11-13-17(24)14-12-16/h2-14,25H,1H3. The Kier molecular flexibility index (Phi) is 6.00. The zero-order valence-corrected chi connectivity index (χ0v) is 17.9. The molecule has 6 heteroatoms. The van der Waals surface area contributed by atoms with Crippen molar-refractivity contribution in [1.29, 1.82) is 0 Å². The smallest absolute Gasteiger partial charge is 0.225 e. The van der Waals surface area contributed by atoms with E-state index in [9.17, 15) is 4.79 Å². The number of anilines is 2. The molecule has 3 aromatic carbocycles. The average Bonchev–Trinajstić information content (AvgIpc) is 3.11. The zero-order chi connectivity index (χ0) is 20.2. The fourth-order valence-electron chi connectivity index (χ4n) is 2.77. The van der Waals surface area contributed by atoms with E-state index in [4.69, 9.17) is 16.6 Å². The molecule has 3 nitrogen and oxygen atoms in total. The van der Waals surface area contributed by atoms with Crippen LogP contribution >= 0.6 is 34.7 Å². The number of hydrogen-bond donors (Lipinski definition) is 1. The molecule has 0 aliphatic carbocycles. The van der Waals surface area contributed by atoms with Crippen LogP contribution in [0.5, 0.6) is 0 Å². The van der Waals surface area contributed by atoms with Gasteiger partial charge in [0.05, 0.1) is 0 Å². The molecule has 0 saturated carbocycles. The number of rotatable bonds is 5. The molecule has 1 heterocycles. The van der Waals surface area contributed by atoms with Gasteiger partial charge in [0, 0.05) is 21.8 Å². The highest BCUT2D eigenvalue weighted by molar-refractivity contribution is 8.14. The molecule has 4 rings (SSSR count). The molecule has 29 heavy (non-hydrogen) atoms. The van der Waals surface area contributed by atoms with E-state index in [-0.39, 0.29) is 5.12 Å². The lowest BCUT2D eigenvalue weighted by Gasteiger charge is -2.06. The van der Waals surface area contributed by atoms with E-state index in [0.29, 0.717) is 15.6 Å². The zero-order valence-electron chi connectivity index (χ0n) is 15.6. The summed E-state index contributed by atoms with van der Waals surface area (Å²) in [5.41, 5.74) is 3.56. The minimum Gasteiger partial charge on any atom is -0.345 e. The van der Waals surface area contributed by atoms with Gasteiger partial charge in [-0.2, -0.15) is 0 Å². The Bertz CT molecular complexity index is 1140. The SMILES string of the molecule is Cc1ccccc1C(=O)Sc1nc(-c2ccc(Cl)cc2)sc1Nc1ccccc1. The summed E-state index contributed by atoms with van der Waals surface area (Å²) in [4.78, 5) is 17.7. The summed E-state index contributed by atoms with van der Waals surface area (Å²) in [7, 11) is 0. The maximum absolute atomic E-state index is 12.9. The summed E-state index contributed by atoms with van der Waals surface area (Å²) in [6.07, 6.45) is 0. The van der Waals surface area contributed by atoms with Gasteiger partial charge in [0.2, 0.25) is 5.12 Å². The molecule has 0 atom stereocenters. The summed E-state index contributed by atoms with van der Waals surface area (Å²) >= 11 is 8.68. The summed E-state index contributed by atoms with van der Waals surface area (Å²) in [5, 5.41) is 6.40. The molecule has 0 amide bonds. The molecule has 0 spiro atoms. The lowest BCUT2D eigenvalue weighted by atomic mass is 10.1. The van der Waals surface area contributed by atoms with Gasteiger partial charge in [-0.15, -0.1) is 0 Å². The van der Waals surface area contributed by atoms with Gasteiger partial charge in [0.1, 0.15) is 15.0 Å². The molecule has 144 valence electrons. The van der Waals surface area contributed by atoms with Crippen LogP contribution in [0.1, 0.15) is 15.9 Å². The number of benzene rings is 3. The van der Waals surface area contributed by atoms with Gasteiger partial charge >= 0.3 is 0 Å². The Morgan fingerprint density at radius 1 is 0.966 bits per heavy atom. The largest absolute Gasteiger partial charge is 0.345 e. The second-order valence-corrected chi connectivity index (χ2v) is 8.75. The first-order valence-corrected chi connectivity index (χ1v) is 11.0. The number of para-hydroxylation sites is 1. The van der Waals surface area contributed by atoms with Crippen LogP contribution in [-0.4, -0.2) is 10.1 Å². The second-order valence-electron chi connectivity index (χ2n) is 6.36. The highest BCUT2D eigenvalue weighted by Crippen LogP contribution is 2.40. The van der Waals surface area contributed by atoms with Crippen molar-refractivity contribution in [3.63, 3.8) is 0 Å². The molecular weight excluding hydrogens is 420 g/mol. The number of thiazole rings is 1. The Labute approximate surface area is 182 Å². The minimum absolute atomic E-state index is 0.0211. The highest BCUT2D eigenvalue weighted by atomic mass is 35.5. The fraction of sp³-hybridized carbons (Fsp3) is 0.0435. The Morgan fingerprint density at radius 3 is 2.38 bits per heavy atom. The number of aryl methyl sites for hydroxylation is 1. The van der Waals surface area contributed by atoms with Gasteiger partial charge in [-0.3, -0.25) is 4.79 Å². The number of nitrogens with one attached hydrogen (secondary N) is 1. The third-order valence-electron chi connectivity index (χ3n) is 4.27. The normalized spacial score (nSPS) is 10.7. The number of thioether (sulfide) groups is 1. The number of nitrogens with zero attached hydrogens (tertiary/aromatic N) is 1. The van der Waals surface area contributed by atoms with Crippen LogP contribution in [0.2, 0.25) is 5.02 Å². The average molecular weight is 437 g/mol. The van der Waals surface area contributed by atoms with Crippen molar-refractivity contribution in [2.24, 2.45) is 0 Å². The van der Waals surface area contributed by atoms with Gasteiger partial charge < -0.3 is 5.32 Å². The first-order chi connectivity index (χ1) is 14.1. The van der Waals surface area contributed by atoms with Gasteiger partial charge in [-0.05, 0) is 48.5 Å². The summed E-state index contributed by atoms with van der Waals surface area (Å²) in [6, 6.07) is 25.0. The van der Waals surface area contributed by atoms with E-state index in [1.807, 2.05) is 85.8 Å². The number of carbonyl (C=O) groups is 1. The van der Waals surface area contributed by atoms with E-state index >= 15 is 0 Å². The summed E-state index contributed by atoms with van der Waals surface area (Å²) < 4.78 is 0. The molecule has 1 aromatic heterocycles. The monoisotopic (exact) mass is 436 g/mol. The Balaban J connectivity index is 1.69. The fourth-order valence-corrected chi connectivity index (χ4v) is 4.88. The first-order valence-electron chi connectivity index (χ1n) is 8.97. The van der Waals surface area contributed by atoms with Gasteiger partial charge in [-0.1, -0.05) is 77.5 Å². The predicted molar refractivity (Wildman–Crippen MR) is 124 cm³/mol. The Morgan fingerprint density at radius 2 is 1.66 bits per heavy atom. The van der Waals surface area contributed by atoms with Crippen molar-refractivity contribution < 1.29 is 4.79 Å². The number of hydrogen-bond acceptors (Lipinski definition) is 5. The molecular formula is C23H17ClN2OS2. The number of halogens is 1. The van der Waals surface area contributed by atoms with Gasteiger partial charge in [-0.25, -0.2) is 4.98 Å². The van der Waals surface area contributed by atoms with E-state index in [2.05, 4.69) is 5.32 Å². The van der Waals surface area contributed by atoms with Crippen LogP contribution < -0.4 is 5.32 Å². The van der Waals surface area contributed by atoms with E-state index in [1.165, 1.54) is 11.3 Å². The van der Waals surface area contributed by atoms with Crippen molar-refractivity contribution in [2.75, 3.05) is 5.32 Å². The molecule has 0 bridgehead atoms. The van der Waals surface area contributed by atoms with Gasteiger partial charge in [0.15, 0.2) is 0 Å². The molecule has 0 radical (unpaired) electrons. The lowest BCUT2D eigenvalue weighted by molar-refractivity contribution is 0.108. The van der Waals surface area contributed by atoms with Crippen LogP contribution in [0.15, 0.2) is 83.9 Å². The number of carbonyl (C=O) groups excluding carboxylic acids is 1. The maximum atomic E-state index is 12.9. The third-order valence-corrected chi connectivity index (χ3v) is 6.57. The summed E-state index contributed by atoms with van der Waals surface area (Å²) in [5.74, 6) is 0. The van der Waals surface area contributed by atoms with Crippen molar-refractivity contribution in [3.05, 3.63) is 95.0 Å². The minimum atomic E-state index is -0.0211. The van der Waals surface area contributed by atoms with Crippen LogP contribution in [0.25, 0.3) is 10.6 Å². The lowest BCUT2D eigenvalue weighted by Crippen LogP contribution is -1.98. The first kappa shape index (κ1) is 19.7. The summed E-state index contributed by atoms with van der Waals surface area (Å²) in [6.45, 7) is 1.94. The quantitative estimate of drug-likeness (QED) is 0.330. The van der Waals surface area contributed by atoms with Crippen LogP contribution in [0, 0.1) is 6.92 Å².